The standard InChI is InChI=1S/C13H22NO3P/c1-4-16-18(15,17-5-2)12-14(3)11-13-9-7-6-8-10-13/h6-10H,4-5,11-12H2,1-3H3. The molecule has 1 aromatic carbocycles. The van der Waals surface area contributed by atoms with Crippen LogP contribution >= 0.6 is 7.60 Å². The smallest absolute Gasteiger partial charge is 0.308 e. The molecule has 0 unspecified atom stereocenters. The van der Waals surface area contributed by atoms with Crippen molar-refractivity contribution in [3.8, 4) is 0 Å². The largest absolute Gasteiger partial charge is 0.344 e. The molecule has 0 aromatic heterocycles. The molecular weight excluding hydrogens is 249 g/mol. The minimum absolute atomic E-state index is 0.309. The maximum absolute atomic E-state index is 12.3. The molecule has 0 saturated heterocycles. The molecule has 0 fully saturated rings. The van der Waals surface area contributed by atoms with Crippen LogP contribution in [0.4, 0.5) is 0 Å². The molecule has 0 aliphatic rings. The predicted molar refractivity (Wildman–Crippen MR) is 73.6 cm³/mol. The lowest BCUT2D eigenvalue weighted by Crippen LogP contribution is -2.21. The zero-order valence-electron chi connectivity index (χ0n) is 11.3. The van der Waals surface area contributed by atoms with Gasteiger partial charge >= 0.3 is 7.60 Å². The van der Waals surface area contributed by atoms with Gasteiger partial charge in [-0.25, -0.2) is 0 Å². The average molecular weight is 271 g/mol. The van der Waals surface area contributed by atoms with Gasteiger partial charge in [0.1, 0.15) is 6.29 Å². The zero-order valence-corrected chi connectivity index (χ0v) is 12.2. The summed E-state index contributed by atoms with van der Waals surface area (Å²) in [7, 11) is -1.07. The van der Waals surface area contributed by atoms with Crippen LogP contribution in [0.25, 0.3) is 0 Å². The van der Waals surface area contributed by atoms with Crippen LogP contribution in [0.2, 0.25) is 0 Å². The lowest BCUT2D eigenvalue weighted by molar-refractivity contribution is 0.202. The summed E-state index contributed by atoms with van der Waals surface area (Å²) in [4.78, 5) is 1.96. The first-order valence-electron chi connectivity index (χ1n) is 6.20. The van der Waals surface area contributed by atoms with Gasteiger partial charge in [-0.3, -0.25) is 9.46 Å². The SMILES string of the molecule is CCOP(=O)(CN(C)Cc1ccccc1)OCC. The molecule has 0 saturated carbocycles. The maximum Gasteiger partial charge on any atom is 0.344 e. The summed E-state index contributed by atoms with van der Waals surface area (Å²) in [6.45, 7) is 5.17. The van der Waals surface area contributed by atoms with Crippen molar-refractivity contribution in [1.82, 2.24) is 4.90 Å². The normalized spacial score (nSPS) is 12.0. The van der Waals surface area contributed by atoms with Crippen molar-refractivity contribution in [2.45, 2.75) is 20.4 Å². The highest BCUT2D eigenvalue weighted by Gasteiger charge is 2.25. The van der Waals surface area contributed by atoms with E-state index in [1.807, 2.05) is 56.1 Å². The van der Waals surface area contributed by atoms with E-state index >= 15 is 0 Å². The molecule has 0 atom stereocenters. The van der Waals surface area contributed by atoms with Crippen LogP contribution in [0.15, 0.2) is 30.3 Å². The molecule has 0 amide bonds. The Kier molecular flexibility index (Phi) is 6.58. The molecule has 1 rings (SSSR count). The van der Waals surface area contributed by atoms with Crippen molar-refractivity contribution in [1.29, 1.82) is 0 Å². The highest BCUT2D eigenvalue weighted by Crippen LogP contribution is 2.48. The third-order valence-electron chi connectivity index (χ3n) is 2.36. The van der Waals surface area contributed by atoms with E-state index in [4.69, 9.17) is 9.05 Å². The average Bonchev–Trinajstić information content (AvgIpc) is 2.30. The second-order valence-electron chi connectivity index (χ2n) is 4.09. The van der Waals surface area contributed by atoms with Gasteiger partial charge in [0.2, 0.25) is 0 Å². The molecule has 0 heterocycles. The van der Waals surface area contributed by atoms with Crippen molar-refractivity contribution in [2.75, 3.05) is 26.5 Å². The maximum atomic E-state index is 12.3. The third-order valence-corrected chi connectivity index (χ3v) is 4.49. The first-order chi connectivity index (χ1) is 8.59. The highest BCUT2D eigenvalue weighted by molar-refractivity contribution is 7.53. The molecule has 0 spiro atoms. The summed E-state index contributed by atoms with van der Waals surface area (Å²) in [6.07, 6.45) is 0.309. The highest BCUT2D eigenvalue weighted by atomic mass is 31.2. The molecule has 5 heteroatoms. The molecule has 0 aliphatic carbocycles. The quantitative estimate of drug-likeness (QED) is 0.680. The van der Waals surface area contributed by atoms with Gasteiger partial charge in [0.25, 0.3) is 0 Å². The number of hydrogen-bond acceptors (Lipinski definition) is 4. The first kappa shape index (κ1) is 15.4. The lowest BCUT2D eigenvalue weighted by atomic mass is 10.2. The van der Waals surface area contributed by atoms with Crippen LogP contribution in [0.3, 0.4) is 0 Å². The number of rotatable bonds is 8. The number of hydrogen-bond donors (Lipinski definition) is 0. The number of nitrogens with zero attached hydrogens (tertiary/aromatic N) is 1. The Morgan fingerprint density at radius 1 is 1.11 bits per heavy atom. The molecule has 0 radical (unpaired) electrons. The molecular formula is C13H22NO3P. The second-order valence-corrected chi connectivity index (χ2v) is 6.11. The summed E-state index contributed by atoms with van der Waals surface area (Å²) in [6, 6.07) is 10.1. The fourth-order valence-corrected chi connectivity index (χ4v) is 3.47. The van der Waals surface area contributed by atoms with Crippen molar-refractivity contribution >= 4 is 7.60 Å². The van der Waals surface area contributed by atoms with Gasteiger partial charge in [-0.1, -0.05) is 30.3 Å². The van der Waals surface area contributed by atoms with Gasteiger partial charge < -0.3 is 9.05 Å². The summed E-state index contributed by atoms with van der Waals surface area (Å²) in [5.41, 5.74) is 1.18. The summed E-state index contributed by atoms with van der Waals surface area (Å²) in [5, 5.41) is 0. The van der Waals surface area contributed by atoms with Gasteiger partial charge in [0.05, 0.1) is 13.2 Å². The molecule has 4 nitrogen and oxygen atoms in total. The Bertz CT molecular complexity index is 373. The fraction of sp³-hybridized carbons (Fsp3) is 0.538. The third kappa shape index (κ3) is 5.32. The van der Waals surface area contributed by atoms with E-state index in [1.54, 1.807) is 0 Å². The van der Waals surface area contributed by atoms with Gasteiger partial charge in [-0.15, -0.1) is 0 Å². The lowest BCUT2D eigenvalue weighted by Gasteiger charge is -2.23. The monoisotopic (exact) mass is 271 g/mol. The molecule has 102 valence electrons. The van der Waals surface area contributed by atoms with Crippen LogP contribution in [0.1, 0.15) is 19.4 Å². The summed E-state index contributed by atoms with van der Waals surface area (Å²) < 4.78 is 22.9. The van der Waals surface area contributed by atoms with E-state index in [9.17, 15) is 4.57 Å². The predicted octanol–water partition coefficient (Wildman–Crippen LogP) is 3.34. The van der Waals surface area contributed by atoms with Crippen LogP contribution in [0.5, 0.6) is 0 Å². The van der Waals surface area contributed by atoms with Gasteiger partial charge in [0, 0.05) is 6.54 Å². The second kappa shape index (κ2) is 7.70. The Balaban J connectivity index is 2.56. The van der Waals surface area contributed by atoms with Crippen LogP contribution in [-0.4, -0.2) is 31.4 Å². The van der Waals surface area contributed by atoms with E-state index in [0.717, 1.165) is 6.54 Å². The Labute approximate surface area is 109 Å². The van der Waals surface area contributed by atoms with Gasteiger partial charge in [-0.05, 0) is 26.5 Å². The van der Waals surface area contributed by atoms with Crippen LogP contribution in [0, 0.1) is 0 Å². The first-order valence-corrected chi connectivity index (χ1v) is 7.93. The molecule has 0 bridgehead atoms. The number of benzene rings is 1. The fourth-order valence-electron chi connectivity index (χ4n) is 1.75. The minimum atomic E-state index is -2.99. The van der Waals surface area contributed by atoms with E-state index < -0.39 is 7.60 Å². The van der Waals surface area contributed by atoms with Crippen molar-refractivity contribution in [3.63, 3.8) is 0 Å². The molecule has 0 N–H and O–H groups in total. The minimum Gasteiger partial charge on any atom is -0.308 e. The summed E-state index contributed by atoms with van der Waals surface area (Å²) >= 11 is 0. The summed E-state index contributed by atoms with van der Waals surface area (Å²) in [5.74, 6) is 0. The Morgan fingerprint density at radius 2 is 1.67 bits per heavy atom. The van der Waals surface area contributed by atoms with E-state index in [1.165, 1.54) is 5.56 Å². The molecule has 0 aliphatic heterocycles. The topological polar surface area (TPSA) is 38.8 Å². The van der Waals surface area contributed by atoms with Crippen molar-refractivity contribution in [3.05, 3.63) is 35.9 Å². The zero-order chi connectivity index (χ0) is 13.4. The van der Waals surface area contributed by atoms with Crippen LogP contribution in [-0.2, 0) is 20.2 Å². The van der Waals surface area contributed by atoms with E-state index in [0.29, 0.717) is 19.5 Å². The van der Waals surface area contributed by atoms with Gasteiger partial charge in [-0.2, -0.15) is 0 Å². The van der Waals surface area contributed by atoms with E-state index in [2.05, 4.69) is 0 Å². The Morgan fingerprint density at radius 3 is 2.17 bits per heavy atom. The van der Waals surface area contributed by atoms with Crippen molar-refractivity contribution in [2.24, 2.45) is 0 Å². The van der Waals surface area contributed by atoms with Gasteiger partial charge in [0.15, 0.2) is 0 Å². The molecule has 18 heavy (non-hydrogen) atoms. The van der Waals surface area contributed by atoms with Crippen molar-refractivity contribution < 1.29 is 13.6 Å². The Hall–Kier alpha value is -0.670. The molecule has 1 aromatic rings. The van der Waals surface area contributed by atoms with E-state index in [-0.39, 0.29) is 0 Å². The van der Waals surface area contributed by atoms with Crippen LogP contribution < -0.4 is 0 Å².